The fourth-order valence-electron chi connectivity index (χ4n) is 2.53. The monoisotopic (exact) mass is 323 g/mol. The minimum Gasteiger partial charge on any atom is -0.476 e. The molecule has 0 atom stereocenters. The Morgan fingerprint density at radius 3 is 2.92 bits per heavy atom. The van der Waals surface area contributed by atoms with Crippen LogP contribution >= 0.6 is 0 Å². The van der Waals surface area contributed by atoms with E-state index in [1.54, 1.807) is 12.1 Å². The molecule has 1 saturated carbocycles. The first-order valence-electron chi connectivity index (χ1n) is 7.72. The first-order valence-corrected chi connectivity index (χ1v) is 7.72. The number of hydrogen-bond donors (Lipinski definition) is 2. The van der Waals surface area contributed by atoms with E-state index >= 15 is 0 Å². The molecule has 0 radical (unpaired) electrons. The normalized spacial score (nSPS) is 14.8. The molecular formula is C18H17N3O3. The van der Waals surface area contributed by atoms with Gasteiger partial charge >= 0.3 is 5.97 Å². The molecule has 0 aliphatic heterocycles. The maximum atomic E-state index is 11.0. The zero-order valence-corrected chi connectivity index (χ0v) is 13.1. The third kappa shape index (κ3) is 3.82. The molecule has 3 rings (SSSR count). The molecule has 0 amide bonds. The summed E-state index contributed by atoms with van der Waals surface area (Å²) in [6.45, 7) is 4.01. The van der Waals surface area contributed by atoms with E-state index in [-0.39, 0.29) is 11.6 Å². The first kappa shape index (κ1) is 15.8. The number of hydrogen-bond acceptors (Lipinski definition) is 4. The lowest BCUT2D eigenvalue weighted by atomic mass is 9.87. The summed E-state index contributed by atoms with van der Waals surface area (Å²) in [7, 11) is 0. The van der Waals surface area contributed by atoms with E-state index < -0.39 is 5.97 Å². The highest BCUT2D eigenvalue weighted by Gasteiger charge is 2.16. The summed E-state index contributed by atoms with van der Waals surface area (Å²) < 4.78 is 5.49. The zero-order chi connectivity index (χ0) is 16.9. The van der Waals surface area contributed by atoms with E-state index in [0.29, 0.717) is 11.7 Å². The SMILES string of the molecule is C=C1CCC(C#Cc2cccc(Oc3nn[nH]c3C(=O)O)c2)CC1. The van der Waals surface area contributed by atoms with Crippen LogP contribution in [0.1, 0.15) is 41.7 Å². The van der Waals surface area contributed by atoms with E-state index in [1.165, 1.54) is 5.57 Å². The number of allylic oxidation sites excluding steroid dienone is 1. The summed E-state index contributed by atoms with van der Waals surface area (Å²) in [4.78, 5) is 11.0. The Labute approximate surface area is 139 Å². The van der Waals surface area contributed by atoms with Crippen LogP contribution in [0, 0.1) is 17.8 Å². The molecule has 6 nitrogen and oxygen atoms in total. The first-order chi connectivity index (χ1) is 11.6. The molecule has 1 fully saturated rings. The second kappa shape index (κ2) is 7.01. The highest BCUT2D eigenvalue weighted by atomic mass is 16.5. The van der Waals surface area contributed by atoms with Crippen LogP contribution < -0.4 is 4.74 Å². The third-order valence-electron chi connectivity index (χ3n) is 3.89. The Kier molecular flexibility index (Phi) is 4.62. The van der Waals surface area contributed by atoms with Crippen LogP contribution in [0.4, 0.5) is 0 Å². The summed E-state index contributed by atoms with van der Waals surface area (Å²) in [6, 6.07) is 7.18. The lowest BCUT2D eigenvalue weighted by Gasteiger charge is -2.18. The Balaban J connectivity index is 1.72. The van der Waals surface area contributed by atoms with Gasteiger partial charge < -0.3 is 9.84 Å². The quantitative estimate of drug-likeness (QED) is 0.667. The highest BCUT2D eigenvalue weighted by Crippen LogP contribution is 2.26. The maximum Gasteiger partial charge on any atom is 0.359 e. The lowest BCUT2D eigenvalue weighted by Crippen LogP contribution is -2.05. The van der Waals surface area contributed by atoms with E-state index in [1.807, 2.05) is 12.1 Å². The third-order valence-corrected chi connectivity index (χ3v) is 3.89. The van der Waals surface area contributed by atoms with Gasteiger partial charge in [0.2, 0.25) is 5.69 Å². The fourth-order valence-corrected chi connectivity index (χ4v) is 2.53. The average Bonchev–Trinajstić information content (AvgIpc) is 3.03. The van der Waals surface area contributed by atoms with Crippen LogP contribution in [0.15, 0.2) is 36.4 Å². The van der Waals surface area contributed by atoms with Gasteiger partial charge in [0.05, 0.1) is 0 Å². The summed E-state index contributed by atoms with van der Waals surface area (Å²) in [5.74, 6) is 6.08. The van der Waals surface area contributed by atoms with E-state index in [0.717, 1.165) is 31.2 Å². The molecule has 0 unspecified atom stereocenters. The predicted octanol–water partition coefficient (Wildman–Crippen LogP) is 3.39. The van der Waals surface area contributed by atoms with Crippen molar-refractivity contribution in [1.29, 1.82) is 0 Å². The van der Waals surface area contributed by atoms with Crippen molar-refractivity contribution in [2.75, 3.05) is 0 Å². The van der Waals surface area contributed by atoms with Crippen LogP contribution in [0.25, 0.3) is 0 Å². The minimum absolute atomic E-state index is 0.0709. The predicted molar refractivity (Wildman–Crippen MR) is 87.8 cm³/mol. The standard InChI is InChI=1S/C18H17N3O3/c1-12-5-7-13(8-6-12)9-10-14-3-2-4-15(11-14)24-17-16(18(22)23)19-21-20-17/h2-4,11,13H,1,5-8H2,(H,22,23)(H,19,20,21). The molecule has 2 aromatic rings. The molecule has 6 heteroatoms. The zero-order valence-electron chi connectivity index (χ0n) is 13.1. The highest BCUT2D eigenvalue weighted by molar-refractivity contribution is 5.87. The van der Waals surface area contributed by atoms with Gasteiger partial charge in [0.15, 0.2) is 0 Å². The Hall–Kier alpha value is -3.07. The number of aromatic carboxylic acids is 1. The van der Waals surface area contributed by atoms with Gasteiger partial charge in [-0.1, -0.05) is 40.4 Å². The molecule has 1 heterocycles. The number of carbonyl (C=O) groups is 1. The van der Waals surface area contributed by atoms with E-state index in [2.05, 4.69) is 33.8 Å². The molecule has 0 spiro atoms. The summed E-state index contributed by atoms with van der Waals surface area (Å²) >= 11 is 0. The summed E-state index contributed by atoms with van der Waals surface area (Å²) in [5.41, 5.74) is 1.94. The maximum absolute atomic E-state index is 11.0. The molecule has 24 heavy (non-hydrogen) atoms. The van der Waals surface area contributed by atoms with E-state index in [9.17, 15) is 4.79 Å². The number of aromatic amines is 1. The minimum atomic E-state index is -1.18. The van der Waals surface area contributed by atoms with Crippen molar-refractivity contribution < 1.29 is 14.6 Å². The van der Waals surface area contributed by atoms with Crippen LogP contribution in [0.2, 0.25) is 0 Å². The number of nitrogens with one attached hydrogen (secondary N) is 1. The summed E-state index contributed by atoms with van der Waals surface area (Å²) in [5, 5.41) is 18.4. The smallest absolute Gasteiger partial charge is 0.359 e. The number of H-pyrrole nitrogens is 1. The molecule has 122 valence electrons. The average molecular weight is 323 g/mol. The van der Waals surface area contributed by atoms with Crippen molar-refractivity contribution in [2.24, 2.45) is 5.92 Å². The molecule has 1 aliphatic carbocycles. The molecule has 1 aromatic carbocycles. The van der Waals surface area contributed by atoms with Gasteiger partial charge in [-0.2, -0.15) is 0 Å². The van der Waals surface area contributed by atoms with Crippen LogP contribution in [-0.2, 0) is 0 Å². The van der Waals surface area contributed by atoms with Gasteiger partial charge in [0.1, 0.15) is 5.75 Å². The number of ether oxygens (including phenoxy) is 1. The lowest BCUT2D eigenvalue weighted by molar-refractivity contribution is 0.0687. The Bertz CT molecular complexity index is 819. The number of carboxylic acids is 1. The summed E-state index contributed by atoms with van der Waals surface area (Å²) in [6.07, 6.45) is 4.21. The van der Waals surface area contributed by atoms with Crippen molar-refractivity contribution in [1.82, 2.24) is 15.4 Å². The van der Waals surface area contributed by atoms with Crippen LogP contribution in [0.3, 0.4) is 0 Å². The van der Waals surface area contributed by atoms with Crippen molar-refractivity contribution >= 4 is 5.97 Å². The number of carboxylic acid groups (broad SMARTS) is 1. The van der Waals surface area contributed by atoms with Crippen molar-refractivity contribution in [3.05, 3.63) is 47.7 Å². The molecule has 1 aliphatic rings. The van der Waals surface area contributed by atoms with Crippen LogP contribution in [-0.4, -0.2) is 26.5 Å². The van der Waals surface area contributed by atoms with Gasteiger partial charge in [-0.05, 0) is 43.9 Å². The van der Waals surface area contributed by atoms with Crippen LogP contribution in [0.5, 0.6) is 11.6 Å². The largest absolute Gasteiger partial charge is 0.476 e. The molecule has 0 bridgehead atoms. The Morgan fingerprint density at radius 2 is 2.17 bits per heavy atom. The molecule has 0 saturated heterocycles. The van der Waals surface area contributed by atoms with Crippen molar-refractivity contribution in [3.8, 4) is 23.5 Å². The molecule has 2 N–H and O–H groups in total. The van der Waals surface area contributed by atoms with Crippen molar-refractivity contribution in [3.63, 3.8) is 0 Å². The van der Waals surface area contributed by atoms with Gasteiger partial charge in [-0.3, -0.25) is 0 Å². The Morgan fingerprint density at radius 1 is 1.38 bits per heavy atom. The van der Waals surface area contributed by atoms with E-state index in [4.69, 9.17) is 9.84 Å². The topological polar surface area (TPSA) is 88.1 Å². The van der Waals surface area contributed by atoms with Gasteiger partial charge in [-0.15, -0.1) is 0 Å². The number of nitrogens with zero attached hydrogens (tertiary/aromatic N) is 2. The number of rotatable bonds is 3. The van der Waals surface area contributed by atoms with Crippen molar-refractivity contribution in [2.45, 2.75) is 25.7 Å². The van der Waals surface area contributed by atoms with Gasteiger partial charge in [0.25, 0.3) is 5.88 Å². The molecular weight excluding hydrogens is 306 g/mol. The second-order valence-electron chi connectivity index (χ2n) is 5.72. The number of aromatic nitrogens is 3. The van der Waals surface area contributed by atoms with Gasteiger partial charge in [0, 0.05) is 11.5 Å². The fraction of sp³-hybridized carbons (Fsp3) is 0.278. The second-order valence-corrected chi connectivity index (χ2v) is 5.72. The molecule has 1 aromatic heterocycles. The van der Waals surface area contributed by atoms with Gasteiger partial charge in [-0.25, -0.2) is 9.89 Å². The number of benzene rings is 1.